The molecular formula is C36H46O8. The largest absolute Gasteiger partial charge is 0.494 e. The van der Waals surface area contributed by atoms with Gasteiger partial charge in [-0.2, -0.15) is 0 Å². The number of carbonyl (C=O) groups is 4. The van der Waals surface area contributed by atoms with E-state index in [4.69, 9.17) is 18.9 Å². The molecule has 1 fully saturated rings. The Kier molecular flexibility index (Phi) is 15.2. The number of ether oxygens (including phenoxy) is 4. The van der Waals surface area contributed by atoms with Gasteiger partial charge in [-0.1, -0.05) is 52.0 Å². The number of rotatable bonds is 19. The Balaban J connectivity index is 1.41. The summed E-state index contributed by atoms with van der Waals surface area (Å²) in [6.07, 6.45) is 15.4. The first kappa shape index (κ1) is 34.5. The van der Waals surface area contributed by atoms with Gasteiger partial charge in [0.2, 0.25) is 0 Å². The van der Waals surface area contributed by atoms with Crippen LogP contribution < -0.4 is 14.2 Å². The van der Waals surface area contributed by atoms with E-state index in [1.807, 2.05) is 0 Å². The number of carbonyl (C=O) groups excluding carboxylic acids is 4. The molecular weight excluding hydrogens is 560 g/mol. The Morgan fingerprint density at radius 1 is 0.818 bits per heavy atom. The molecule has 2 aromatic carbocycles. The molecule has 0 atom stereocenters. The van der Waals surface area contributed by atoms with Gasteiger partial charge in [0.1, 0.15) is 17.2 Å². The molecule has 2 aromatic rings. The lowest BCUT2D eigenvalue weighted by Crippen LogP contribution is -2.26. The van der Waals surface area contributed by atoms with Crippen molar-refractivity contribution in [2.45, 2.75) is 90.4 Å². The number of esters is 3. The van der Waals surface area contributed by atoms with Crippen molar-refractivity contribution in [2.75, 3.05) is 13.2 Å². The second-order valence-corrected chi connectivity index (χ2v) is 11.4. The molecule has 0 aliphatic heterocycles. The van der Waals surface area contributed by atoms with Gasteiger partial charge in [0, 0.05) is 6.08 Å². The number of unbranched alkanes of at least 4 members (excludes halogenated alkanes) is 6. The maximum absolute atomic E-state index is 12.9. The number of aldehydes is 1. The predicted molar refractivity (Wildman–Crippen MR) is 168 cm³/mol. The molecule has 3 rings (SSSR count). The lowest BCUT2D eigenvalue weighted by Gasteiger charge is -2.27. The van der Waals surface area contributed by atoms with E-state index in [2.05, 4.69) is 13.5 Å². The van der Waals surface area contributed by atoms with E-state index >= 15 is 0 Å². The van der Waals surface area contributed by atoms with Crippen molar-refractivity contribution < 1.29 is 38.1 Å². The van der Waals surface area contributed by atoms with Gasteiger partial charge in [-0.3, -0.25) is 9.59 Å². The minimum Gasteiger partial charge on any atom is -0.494 e. The third kappa shape index (κ3) is 12.0. The maximum atomic E-state index is 12.9. The highest BCUT2D eigenvalue weighted by Gasteiger charge is 2.28. The Morgan fingerprint density at radius 2 is 1.50 bits per heavy atom. The highest BCUT2D eigenvalue weighted by atomic mass is 16.5. The van der Waals surface area contributed by atoms with Gasteiger partial charge < -0.3 is 18.9 Å². The van der Waals surface area contributed by atoms with Gasteiger partial charge in [0.15, 0.2) is 6.29 Å². The van der Waals surface area contributed by atoms with Gasteiger partial charge in [-0.05, 0) is 93.3 Å². The van der Waals surface area contributed by atoms with Crippen molar-refractivity contribution in [3.8, 4) is 17.2 Å². The van der Waals surface area contributed by atoms with E-state index in [9.17, 15) is 19.2 Å². The summed E-state index contributed by atoms with van der Waals surface area (Å²) in [5.74, 6) is 0.159. The van der Waals surface area contributed by atoms with Crippen LogP contribution in [-0.2, 0) is 14.3 Å². The number of hydrogen-bond donors (Lipinski definition) is 0. The molecule has 0 aromatic heterocycles. The average Bonchev–Trinajstić information content (AvgIpc) is 3.05. The van der Waals surface area contributed by atoms with Crippen LogP contribution in [0.5, 0.6) is 17.2 Å². The third-order valence-corrected chi connectivity index (χ3v) is 7.98. The van der Waals surface area contributed by atoms with Crippen molar-refractivity contribution in [1.29, 1.82) is 0 Å². The molecule has 0 N–H and O–H groups in total. The van der Waals surface area contributed by atoms with E-state index in [0.29, 0.717) is 36.7 Å². The first-order valence-electron chi connectivity index (χ1n) is 16.0. The zero-order valence-electron chi connectivity index (χ0n) is 25.9. The first-order chi connectivity index (χ1) is 21.4. The molecule has 0 unspecified atom stereocenters. The Bertz CT molecular complexity index is 1210. The summed E-state index contributed by atoms with van der Waals surface area (Å²) < 4.78 is 21.7. The van der Waals surface area contributed by atoms with Crippen molar-refractivity contribution in [2.24, 2.45) is 11.8 Å². The Hall–Kier alpha value is -3.94. The molecule has 8 heteroatoms. The topological polar surface area (TPSA) is 105 Å². The van der Waals surface area contributed by atoms with Gasteiger partial charge in [-0.15, -0.1) is 0 Å². The normalized spacial score (nSPS) is 16.0. The smallest absolute Gasteiger partial charge is 0.343 e. The van der Waals surface area contributed by atoms with Crippen molar-refractivity contribution in [3.63, 3.8) is 0 Å². The monoisotopic (exact) mass is 606 g/mol. The molecule has 0 bridgehead atoms. The second-order valence-electron chi connectivity index (χ2n) is 11.4. The summed E-state index contributed by atoms with van der Waals surface area (Å²) in [5, 5.41) is 0. The highest BCUT2D eigenvalue weighted by molar-refractivity contribution is 5.91. The van der Waals surface area contributed by atoms with E-state index in [1.54, 1.807) is 24.3 Å². The van der Waals surface area contributed by atoms with Crippen molar-refractivity contribution in [1.82, 2.24) is 0 Å². The first-order valence-corrected chi connectivity index (χ1v) is 16.0. The maximum Gasteiger partial charge on any atom is 0.343 e. The lowest BCUT2D eigenvalue weighted by molar-refractivity contribution is -0.140. The van der Waals surface area contributed by atoms with Crippen LogP contribution in [-0.4, -0.2) is 37.4 Å². The van der Waals surface area contributed by atoms with Gasteiger partial charge >= 0.3 is 17.9 Å². The molecule has 0 spiro atoms. The van der Waals surface area contributed by atoms with Gasteiger partial charge in [0.05, 0.1) is 30.3 Å². The minimum atomic E-state index is -0.589. The fourth-order valence-corrected chi connectivity index (χ4v) is 5.35. The number of benzene rings is 2. The van der Waals surface area contributed by atoms with E-state index in [-0.39, 0.29) is 28.9 Å². The molecule has 0 saturated heterocycles. The van der Waals surface area contributed by atoms with Crippen LogP contribution >= 0.6 is 0 Å². The molecule has 1 aliphatic rings. The molecule has 8 nitrogen and oxygen atoms in total. The average molecular weight is 607 g/mol. The SMILES string of the molecule is C=CC(=O)OCCCCCOc1ccc(C(=O)Oc2ccc(OC(=O)C3CCC(CCCCCCC)CC3)c(C=O)c2)cc1. The van der Waals surface area contributed by atoms with E-state index < -0.39 is 11.9 Å². The number of hydrogen-bond acceptors (Lipinski definition) is 8. The second kappa shape index (κ2) is 19.4. The molecule has 0 heterocycles. The fourth-order valence-electron chi connectivity index (χ4n) is 5.35. The summed E-state index contributed by atoms with van der Waals surface area (Å²) >= 11 is 0. The lowest BCUT2D eigenvalue weighted by atomic mass is 9.80. The summed E-state index contributed by atoms with van der Waals surface area (Å²) in [5.41, 5.74) is 0.466. The quantitative estimate of drug-likeness (QED) is 0.0520. The Morgan fingerprint density at radius 3 is 2.20 bits per heavy atom. The third-order valence-electron chi connectivity index (χ3n) is 7.98. The van der Waals surface area contributed by atoms with Gasteiger partial charge in [0.25, 0.3) is 0 Å². The van der Waals surface area contributed by atoms with E-state index in [0.717, 1.165) is 51.0 Å². The summed E-state index contributed by atoms with van der Waals surface area (Å²) in [6.45, 7) is 6.42. The molecule has 44 heavy (non-hydrogen) atoms. The molecule has 1 saturated carbocycles. The van der Waals surface area contributed by atoms with Crippen LogP contribution in [0.3, 0.4) is 0 Å². The van der Waals surface area contributed by atoms with Gasteiger partial charge in [-0.25, -0.2) is 9.59 Å². The summed E-state index contributed by atoms with van der Waals surface area (Å²) in [7, 11) is 0. The van der Waals surface area contributed by atoms with Crippen LogP contribution in [0.15, 0.2) is 55.1 Å². The van der Waals surface area contributed by atoms with Crippen LogP contribution in [0.4, 0.5) is 0 Å². The van der Waals surface area contributed by atoms with Crippen molar-refractivity contribution in [3.05, 3.63) is 66.2 Å². The van der Waals surface area contributed by atoms with E-state index in [1.165, 1.54) is 56.7 Å². The summed E-state index contributed by atoms with van der Waals surface area (Å²) in [6, 6.07) is 11.0. The minimum absolute atomic E-state index is 0.145. The predicted octanol–water partition coefficient (Wildman–Crippen LogP) is 8.07. The van der Waals surface area contributed by atoms with Crippen LogP contribution in [0.25, 0.3) is 0 Å². The van der Waals surface area contributed by atoms with Crippen LogP contribution in [0.1, 0.15) is 111 Å². The zero-order valence-corrected chi connectivity index (χ0v) is 25.9. The molecule has 0 radical (unpaired) electrons. The molecule has 0 amide bonds. The zero-order chi connectivity index (χ0) is 31.6. The van der Waals surface area contributed by atoms with Crippen LogP contribution in [0, 0.1) is 11.8 Å². The van der Waals surface area contributed by atoms with Crippen LogP contribution in [0.2, 0.25) is 0 Å². The molecule has 238 valence electrons. The Labute approximate surface area is 261 Å². The fraction of sp³-hybridized carbons (Fsp3) is 0.500. The molecule has 1 aliphatic carbocycles. The highest BCUT2D eigenvalue weighted by Crippen LogP contribution is 2.34. The van der Waals surface area contributed by atoms with Crippen molar-refractivity contribution >= 4 is 24.2 Å². The standard InChI is InChI=1S/C36H46O8/c1-3-5-6-7-9-12-27-13-15-28(16-14-27)36(40)44-33-22-21-32(25-30(33)26-37)43-35(39)29-17-19-31(20-18-29)41-23-10-8-11-24-42-34(38)4-2/h4,17-22,25-28H,2-3,5-16,23-24H2,1H3. The summed E-state index contributed by atoms with van der Waals surface area (Å²) in [4.78, 5) is 48.3.